The van der Waals surface area contributed by atoms with E-state index < -0.39 is 5.41 Å². The van der Waals surface area contributed by atoms with Crippen LogP contribution in [-0.4, -0.2) is 45.3 Å². The number of nitrogens with one attached hydrogen (secondary N) is 1. The Bertz CT molecular complexity index is 812. The summed E-state index contributed by atoms with van der Waals surface area (Å²) in [7, 11) is 0. The molecule has 1 unspecified atom stereocenters. The van der Waals surface area contributed by atoms with Crippen molar-refractivity contribution >= 4 is 23.2 Å². The predicted octanol–water partition coefficient (Wildman–Crippen LogP) is 0.213. The molecule has 2 saturated heterocycles. The Balaban J connectivity index is 1.64. The Morgan fingerprint density at radius 3 is 2.91 bits per heavy atom. The molecule has 7 heteroatoms. The Morgan fingerprint density at radius 1 is 1.27 bits per heavy atom. The predicted molar refractivity (Wildman–Crippen MR) is 75.9 cm³/mol. The van der Waals surface area contributed by atoms with E-state index in [-0.39, 0.29) is 30.7 Å². The van der Waals surface area contributed by atoms with Crippen LogP contribution in [0.5, 0.6) is 0 Å². The molecule has 0 radical (unpaired) electrons. The molecule has 22 heavy (non-hydrogen) atoms. The van der Waals surface area contributed by atoms with E-state index in [1.807, 2.05) is 18.2 Å². The molecule has 1 N–H and O–H groups in total. The molecule has 4 heterocycles. The van der Waals surface area contributed by atoms with Crippen LogP contribution in [0.4, 0.5) is 0 Å². The van der Waals surface area contributed by atoms with E-state index in [1.165, 1.54) is 0 Å². The van der Waals surface area contributed by atoms with Crippen LogP contribution >= 0.6 is 0 Å². The molecule has 2 aliphatic rings. The molecule has 2 aromatic rings. The topological polar surface area (TPSA) is 83.8 Å². The van der Waals surface area contributed by atoms with E-state index in [2.05, 4.69) is 10.4 Å². The second-order valence-electron chi connectivity index (χ2n) is 5.89. The van der Waals surface area contributed by atoms with Crippen molar-refractivity contribution in [1.29, 1.82) is 0 Å². The fourth-order valence-electron chi connectivity index (χ4n) is 3.34. The zero-order chi connectivity index (χ0) is 15.3. The number of imide groups is 1. The molecule has 0 aliphatic carbocycles. The number of fused-ring (bicyclic) bond motifs is 1. The highest BCUT2D eigenvalue weighted by Crippen LogP contribution is 2.38. The normalized spacial score (nSPS) is 24.5. The Hall–Kier alpha value is -2.70. The molecule has 0 saturated carbocycles. The van der Waals surface area contributed by atoms with Gasteiger partial charge < -0.3 is 4.90 Å². The van der Waals surface area contributed by atoms with Gasteiger partial charge in [0, 0.05) is 19.5 Å². The number of carbonyl (C=O) groups excluding carboxylic acids is 3. The van der Waals surface area contributed by atoms with Gasteiger partial charge in [0.25, 0.3) is 5.91 Å². The molecule has 0 aromatic carbocycles. The van der Waals surface area contributed by atoms with E-state index >= 15 is 0 Å². The van der Waals surface area contributed by atoms with E-state index in [4.69, 9.17) is 0 Å². The van der Waals surface area contributed by atoms with Gasteiger partial charge >= 0.3 is 0 Å². The van der Waals surface area contributed by atoms with Crippen LogP contribution in [-0.2, 0) is 9.59 Å². The van der Waals surface area contributed by atoms with Gasteiger partial charge in [0.2, 0.25) is 11.8 Å². The van der Waals surface area contributed by atoms with Gasteiger partial charge in [-0.1, -0.05) is 6.07 Å². The van der Waals surface area contributed by atoms with Gasteiger partial charge in [0.1, 0.15) is 5.69 Å². The SMILES string of the molecule is O=C1CC2(CCN(C(=O)c3cccc4ccnn34)C2)C(=O)N1. The van der Waals surface area contributed by atoms with Gasteiger partial charge in [-0.2, -0.15) is 5.10 Å². The third-order valence-corrected chi connectivity index (χ3v) is 4.51. The molecule has 1 atom stereocenters. The van der Waals surface area contributed by atoms with Gasteiger partial charge in [0.05, 0.1) is 17.1 Å². The van der Waals surface area contributed by atoms with Crippen LogP contribution in [0.1, 0.15) is 23.3 Å². The maximum Gasteiger partial charge on any atom is 0.272 e. The zero-order valence-electron chi connectivity index (χ0n) is 11.8. The van der Waals surface area contributed by atoms with Crippen LogP contribution in [0.15, 0.2) is 30.5 Å². The van der Waals surface area contributed by atoms with Gasteiger partial charge in [-0.3, -0.25) is 19.7 Å². The molecule has 4 rings (SSSR count). The first-order valence-corrected chi connectivity index (χ1v) is 7.15. The fourth-order valence-corrected chi connectivity index (χ4v) is 3.34. The Labute approximate surface area is 125 Å². The van der Waals surface area contributed by atoms with Crippen molar-refractivity contribution in [3.05, 3.63) is 36.2 Å². The quantitative estimate of drug-likeness (QED) is 0.763. The third kappa shape index (κ3) is 1.75. The van der Waals surface area contributed by atoms with Gasteiger partial charge in [0.15, 0.2) is 0 Å². The molecule has 2 fully saturated rings. The zero-order valence-corrected chi connectivity index (χ0v) is 11.8. The molecule has 1 spiro atoms. The highest BCUT2D eigenvalue weighted by atomic mass is 16.2. The number of hydrogen-bond donors (Lipinski definition) is 1. The summed E-state index contributed by atoms with van der Waals surface area (Å²) in [6.07, 6.45) is 2.33. The van der Waals surface area contributed by atoms with Crippen LogP contribution in [0.2, 0.25) is 0 Å². The second-order valence-corrected chi connectivity index (χ2v) is 5.89. The maximum absolute atomic E-state index is 12.7. The smallest absolute Gasteiger partial charge is 0.272 e. The van der Waals surface area contributed by atoms with Gasteiger partial charge in [-0.15, -0.1) is 0 Å². The summed E-state index contributed by atoms with van der Waals surface area (Å²) in [4.78, 5) is 37.8. The van der Waals surface area contributed by atoms with Crippen LogP contribution in [0, 0.1) is 5.41 Å². The van der Waals surface area contributed by atoms with Gasteiger partial charge in [-0.05, 0) is 24.6 Å². The van der Waals surface area contributed by atoms with E-state index in [9.17, 15) is 14.4 Å². The standard InChI is InChI=1S/C15H14N4O3/c20-12-8-15(14(22)17-12)5-7-18(9-15)13(21)11-3-1-2-10-4-6-16-19(10)11/h1-4,6H,5,7-9H2,(H,17,20,22). The Kier molecular flexibility index (Phi) is 2.60. The summed E-state index contributed by atoms with van der Waals surface area (Å²) >= 11 is 0. The van der Waals surface area contributed by atoms with Crippen molar-refractivity contribution in [3.8, 4) is 0 Å². The number of likely N-dealkylation sites (tertiary alicyclic amines) is 1. The lowest BCUT2D eigenvalue weighted by Gasteiger charge is -2.20. The highest BCUT2D eigenvalue weighted by molar-refractivity contribution is 6.06. The van der Waals surface area contributed by atoms with Crippen molar-refractivity contribution < 1.29 is 14.4 Å². The molecule has 3 amide bonds. The van der Waals surface area contributed by atoms with Crippen LogP contribution in [0.3, 0.4) is 0 Å². The molecule has 7 nitrogen and oxygen atoms in total. The largest absolute Gasteiger partial charge is 0.336 e. The minimum Gasteiger partial charge on any atom is -0.336 e. The van der Waals surface area contributed by atoms with Crippen LogP contribution in [0.25, 0.3) is 5.52 Å². The monoisotopic (exact) mass is 298 g/mol. The second kappa shape index (κ2) is 4.40. The van der Waals surface area contributed by atoms with E-state index in [0.717, 1.165) is 5.52 Å². The number of aromatic nitrogens is 2. The summed E-state index contributed by atoms with van der Waals surface area (Å²) in [5, 5.41) is 6.50. The molecule has 2 aliphatic heterocycles. The number of nitrogens with zero attached hydrogens (tertiary/aromatic N) is 3. The van der Waals surface area contributed by atoms with E-state index in [0.29, 0.717) is 18.7 Å². The first-order chi connectivity index (χ1) is 10.6. The minimum atomic E-state index is -0.745. The summed E-state index contributed by atoms with van der Waals surface area (Å²) in [6, 6.07) is 7.22. The molecular weight excluding hydrogens is 284 g/mol. The van der Waals surface area contributed by atoms with Crippen molar-refractivity contribution in [2.75, 3.05) is 13.1 Å². The molecule has 112 valence electrons. The summed E-state index contributed by atoms with van der Waals surface area (Å²) in [6.45, 7) is 0.748. The number of amides is 3. The fraction of sp³-hybridized carbons (Fsp3) is 0.333. The lowest BCUT2D eigenvalue weighted by atomic mass is 9.85. The Morgan fingerprint density at radius 2 is 2.14 bits per heavy atom. The average Bonchev–Trinajstić information content (AvgIpc) is 3.18. The van der Waals surface area contributed by atoms with Crippen LogP contribution < -0.4 is 5.32 Å². The highest BCUT2D eigenvalue weighted by Gasteiger charge is 2.51. The van der Waals surface area contributed by atoms with Gasteiger partial charge in [-0.25, -0.2) is 4.52 Å². The number of rotatable bonds is 1. The average molecular weight is 298 g/mol. The lowest BCUT2D eigenvalue weighted by Crippen LogP contribution is -2.37. The summed E-state index contributed by atoms with van der Waals surface area (Å²) in [5.74, 6) is -0.683. The number of pyridine rings is 1. The van der Waals surface area contributed by atoms with Crippen molar-refractivity contribution in [2.24, 2.45) is 5.41 Å². The third-order valence-electron chi connectivity index (χ3n) is 4.51. The van der Waals surface area contributed by atoms with Crippen molar-refractivity contribution in [3.63, 3.8) is 0 Å². The first-order valence-electron chi connectivity index (χ1n) is 7.15. The molecular formula is C15H14N4O3. The minimum absolute atomic E-state index is 0.168. The number of hydrogen-bond acceptors (Lipinski definition) is 4. The van der Waals surface area contributed by atoms with E-state index in [1.54, 1.807) is 21.7 Å². The molecule has 0 bridgehead atoms. The maximum atomic E-state index is 12.7. The number of carbonyl (C=O) groups is 3. The van der Waals surface area contributed by atoms with Crippen molar-refractivity contribution in [2.45, 2.75) is 12.8 Å². The summed E-state index contributed by atoms with van der Waals surface area (Å²) in [5.41, 5.74) is 0.558. The lowest BCUT2D eigenvalue weighted by molar-refractivity contribution is -0.128. The molecule has 2 aromatic heterocycles. The summed E-state index contributed by atoms with van der Waals surface area (Å²) < 4.78 is 1.59. The first kappa shape index (κ1) is 13.0. The van der Waals surface area contributed by atoms with Crippen molar-refractivity contribution in [1.82, 2.24) is 19.8 Å².